The van der Waals surface area contributed by atoms with E-state index >= 15 is 0 Å². The second-order valence-corrected chi connectivity index (χ2v) is 4.05. The molecule has 1 saturated heterocycles. The molecule has 0 radical (unpaired) electrons. The Hall–Kier alpha value is -0.0800. The van der Waals surface area contributed by atoms with Crippen LogP contribution in [0.15, 0.2) is 0 Å². The van der Waals surface area contributed by atoms with Crippen molar-refractivity contribution in [3.8, 4) is 0 Å². The zero-order valence-electron chi connectivity index (χ0n) is 8.25. The van der Waals surface area contributed by atoms with E-state index in [-0.39, 0.29) is 0 Å². The number of rotatable bonds is 3. The molecule has 2 nitrogen and oxygen atoms in total. The van der Waals surface area contributed by atoms with Gasteiger partial charge in [-0.25, -0.2) is 0 Å². The Labute approximate surface area is 75.5 Å². The minimum atomic E-state index is 0.441. The van der Waals surface area contributed by atoms with Crippen LogP contribution in [-0.4, -0.2) is 18.8 Å². The summed E-state index contributed by atoms with van der Waals surface area (Å²) in [5.74, 6) is 0.658. The number of nitrogens with two attached hydrogens (primary N) is 1. The van der Waals surface area contributed by atoms with Crippen LogP contribution in [0.4, 0.5) is 0 Å². The third-order valence-electron chi connectivity index (χ3n) is 2.61. The molecule has 12 heavy (non-hydrogen) atoms. The lowest BCUT2D eigenvalue weighted by Gasteiger charge is -2.32. The van der Waals surface area contributed by atoms with Gasteiger partial charge in [0.1, 0.15) is 0 Å². The van der Waals surface area contributed by atoms with Crippen LogP contribution in [0.5, 0.6) is 0 Å². The fourth-order valence-corrected chi connectivity index (χ4v) is 1.82. The molecule has 1 aliphatic heterocycles. The monoisotopic (exact) mass is 171 g/mol. The quantitative estimate of drug-likeness (QED) is 0.704. The van der Waals surface area contributed by atoms with Crippen molar-refractivity contribution in [2.24, 2.45) is 11.7 Å². The van der Waals surface area contributed by atoms with Crippen molar-refractivity contribution in [2.45, 2.75) is 51.7 Å². The molecule has 2 unspecified atom stereocenters. The molecule has 0 spiro atoms. The van der Waals surface area contributed by atoms with E-state index in [2.05, 4.69) is 13.8 Å². The van der Waals surface area contributed by atoms with Gasteiger partial charge in [-0.1, -0.05) is 13.8 Å². The first-order valence-corrected chi connectivity index (χ1v) is 5.09. The van der Waals surface area contributed by atoms with Gasteiger partial charge in [0.05, 0.1) is 12.2 Å². The van der Waals surface area contributed by atoms with Gasteiger partial charge in [0.2, 0.25) is 0 Å². The average molecular weight is 171 g/mol. The van der Waals surface area contributed by atoms with Gasteiger partial charge in [-0.05, 0) is 38.1 Å². The Balaban J connectivity index is 2.30. The van der Waals surface area contributed by atoms with Gasteiger partial charge in [0.15, 0.2) is 0 Å². The van der Waals surface area contributed by atoms with Crippen molar-refractivity contribution < 1.29 is 4.74 Å². The molecule has 0 aromatic rings. The van der Waals surface area contributed by atoms with Crippen molar-refractivity contribution in [1.29, 1.82) is 0 Å². The number of hydrogen-bond acceptors (Lipinski definition) is 2. The molecule has 1 fully saturated rings. The van der Waals surface area contributed by atoms with E-state index in [4.69, 9.17) is 10.5 Å². The van der Waals surface area contributed by atoms with Gasteiger partial charge in [-0.2, -0.15) is 0 Å². The highest BCUT2D eigenvalue weighted by atomic mass is 16.5. The van der Waals surface area contributed by atoms with Crippen molar-refractivity contribution in [1.82, 2.24) is 0 Å². The minimum absolute atomic E-state index is 0.441. The van der Waals surface area contributed by atoms with Crippen molar-refractivity contribution in [3.05, 3.63) is 0 Å². The fourth-order valence-electron chi connectivity index (χ4n) is 1.82. The van der Waals surface area contributed by atoms with Crippen molar-refractivity contribution >= 4 is 0 Å². The lowest BCUT2D eigenvalue weighted by molar-refractivity contribution is -0.0723. The van der Waals surface area contributed by atoms with Crippen LogP contribution in [0.3, 0.4) is 0 Å². The highest BCUT2D eigenvalue weighted by Crippen LogP contribution is 2.25. The smallest absolute Gasteiger partial charge is 0.0601 e. The van der Waals surface area contributed by atoms with Gasteiger partial charge in [0.25, 0.3) is 0 Å². The van der Waals surface area contributed by atoms with E-state index in [9.17, 15) is 0 Å². The van der Waals surface area contributed by atoms with Gasteiger partial charge in [0, 0.05) is 0 Å². The largest absolute Gasteiger partial charge is 0.375 e. The van der Waals surface area contributed by atoms with Crippen LogP contribution < -0.4 is 5.73 Å². The van der Waals surface area contributed by atoms with E-state index < -0.39 is 0 Å². The third kappa shape index (κ3) is 2.76. The molecule has 1 rings (SSSR count). The molecule has 72 valence electrons. The summed E-state index contributed by atoms with van der Waals surface area (Å²) < 4.78 is 5.91. The van der Waals surface area contributed by atoms with E-state index in [1.807, 2.05) is 0 Å². The number of ether oxygens (including phenoxy) is 1. The molecule has 0 saturated carbocycles. The summed E-state index contributed by atoms with van der Waals surface area (Å²) in [4.78, 5) is 0. The van der Waals surface area contributed by atoms with Crippen LogP contribution in [-0.2, 0) is 4.74 Å². The zero-order chi connectivity index (χ0) is 8.97. The lowest BCUT2D eigenvalue weighted by Crippen LogP contribution is -2.32. The molecule has 2 N–H and O–H groups in total. The maximum absolute atomic E-state index is 5.91. The highest BCUT2D eigenvalue weighted by Gasteiger charge is 2.23. The predicted octanol–water partition coefficient (Wildman–Crippen LogP) is 1.93. The Kier molecular flexibility index (Phi) is 4.02. The molecule has 0 aliphatic carbocycles. The molecular formula is C10H21NO. The summed E-state index contributed by atoms with van der Waals surface area (Å²) in [6.45, 7) is 5.22. The maximum Gasteiger partial charge on any atom is 0.0601 e. The molecule has 0 aromatic carbocycles. The van der Waals surface area contributed by atoms with Gasteiger partial charge in [-0.15, -0.1) is 0 Å². The first-order chi connectivity index (χ1) is 5.74. The summed E-state index contributed by atoms with van der Waals surface area (Å²) >= 11 is 0. The molecule has 1 aliphatic rings. The van der Waals surface area contributed by atoms with Crippen LogP contribution in [0.2, 0.25) is 0 Å². The van der Waals surface area contributed by atoms with Gasteiger partial charge < -0.3 is 10.5 Å². The second kappa shape index (κ2) is 4.83. The summed E-state index contributed by atoms with van der Waals surface area (Å²) in [5.41, 5.74) is 5.50. The minimum Gasteiger partial charge on any atom is -0.375 e. The first kappa shape index (κ1) is 10.0. The molecule has 0 amide bonds. The SMILES string of the molecule is CC(C)C1CCCC(CCN)O1. The third-order valence-corrected chi connectivity index (χ3v) is 2.61. The molecule has 0 aromatic heterocycles. The van der Waals surface area contributed by atoms with E-state index in [1.54, 1.807) is 0 Å². The van der Waals surface area contributed by atoms with E-state index in [1.165, 1.54) is 19.3 Å². The molecule has 1 heterocycles. The second-order valence-electron chi connectivity index (χ2n) is 4.05. The topological polar surface area (TPSA) is 35.2 Å². The fraction of sp³-hybridized carbons (Fsp3) is 1.00. The normalized spacial score (nSPS) is 31.0. The molecule has 2 atom stereocenters. The Morgan fingerprint density at radius 3 is 2.75 bits per heavy atom. The maximum atomic E-state index is 5.91. The Morgan fingerprint density at radius 1 is 1.42 bits per heavy atom. The Bertz CT molecular complexity index is 123. The van der Waals surface area contributed by atoms with E-state index in [0.29, 0.717) is 18.1 Å². The molecule has 2 heteroatoms. The lowest BCUT2D eigenvalue weighted by atomic mass is 9.95. The molecule has 0 bridgehead atoms. The van der Waals surface area contributed by atoms with Crippen LogP contribution in [0.25, 0.3) is 0 Å². The predicted molar refractivity (Wildman–Crippen MR) is 51.0 cm³/mol. The Morgan fingerprint density at radius 2 is 2.17 bits per heavy atom. The van der Waals surface area contributed by atoms with Crippen LogP contribution in [0, 0.1) is 5.92 Å². The van der Waals surface area contributed by atoms with E-state index in [0.717, 1.165) is 13.0 Å². The molecular weight excluding hydrogens is 150 g/mol. The van der Waals surface area contributed by atoms with Crippen molar-refractivity contribution in [3.63, 3.8) is 0 Å². The first-order valence-electron chi connectivity index (χ1n) is 5.09. The van der Waals surface area contributed by atoms with Crippen molar-refractivity contribution in [2.75, 3.05) is 6.54 Å². The highest BCUT2D eigenvalue weighted by molar-refractivity contribution is 4.73. The summed E-state index contributed by atoms with van der Waals surface area (Å²) in [6.07, 6.45) is 5.71. The van der Waals surface area contributed by atoms with Crippen LogP contribution in [0.1, 0.15) is 39.5 Å². The average Bonchev–Trinajstić information content (AvgIpc) is 2.05. The summed E-state index contributed by atoms with van der Waals surface area (Å²) in [6, 6.07) is 0. The van der Waals surface area contributed by atoms with Gasteiger partial charge in [-0.3, -0.25) is 0 Å². The van der Waals surface area contributed by atoms with Gasteiger partial charge >= 0.3 is 0 Å². The zero-order valence-corrected chi connectivity index (χ0v) is 8.25. The summed E-state index contributed by atoms with van der Waals surface area (Å²) in [7, 11) is 0. The van der Waals surface area contributed by atoms with Crippen LogP contribution >= 0.6 is 0 Å². The number of hydrogen-bond donors (Lipinski definition) is 1. The standard InChI is InChI=1S/C10H21NO/c1-8(2)10-5-3-4-9(12-10)6-7-11/h8-10H,3-7,11H2,1-2H3. The summed E-state index contributed by atoms with van der Waals surface area (Å²) in [5, 5.41) is 0.